The highest BCUT2D eigenvalue weighted by Crippen LogP contribution is 2.28. The summed E-state index contributed by atoms with van der Waals surface area (Å²) in [5, 5.41) is 19.3. The van der Waals surface area contributed by atoms with Crippen LogP contribution in [0.15, 0.2) is 36.9 Å². The quantitative estimate of drug-likeness (QED) is 0.716. The van der Waals surface area contributed by atoms with Crippen LogP contribution in [0, 0.1) is 0 Å². The van der Waals surface area contributed by atoms with Gasteiger partial charge in [-0.3, -0.25) is 0 Å². The summed E-state index contributed by atoms with van der Waals surface area (Å²) in [6.07, 6.45) is 2.06. The minimum Gasteiger partial charge on any atom is -0.392 e. The molecule has 0 saturated heterocycles. The molecule has 0 aliphatic carbocycles. The van der Waals surface area contributed by atoms with Crippen molar-refractivity contribution in [2.24, 2.45) is 0 Å². The number of hydrogen-bond acceptors (Lipinski definition) is 2. The number of rotatable bonds is 4. The van der Waals surface area contributed by atoms with E-state index >= 15 is 0 Å². The fourth-order valence-electron chi connectivity index (χ4n) is 1.53. The molecule has 0 saturated carbocycles. The van der Waals surface area contributed by atoms with E-state index in [4.69, 9.17) is 5.11 Å². The summed E-state index contributed by atoms with van der Waals surface area (Å²) >= 11 is 0. The molecule has 0 amide bonds. The summed E-state index contributed by atoms with van der Waals surface area (Å²) < 4.78 is 0. The zero-order chi connectivity index (χ0) is 10.6. The minimum atomic E-state index is -1.03. The summed E-state index contributed by atoms with van der Waals surface area (Å²) in [6, 6.07) is 7.31. The van der Waals surface area contributed by atoms with Crippen LogP contribution in [0.5, 0.6) is 0 Å². The number of aliphatic hydroxyl groups excluding tert-OH is 1. The van der Waals surface area contributed by atoms with Crippen molar-refractivity contribution in [2.75, 3.05) is 0 Å². The molecule has 0 unspecified atom stereocenters. The highest BCUT2D eigenvalue weighted by atomic mass is 16.3. The van der Waals surface area contributed by atoms with Crippen LogP contribution in [0.1, 0.15) is 24.5 Å². The van der Waals surface area contributed by atoms with Gasteiger partial charge < -0.3 is 10.2 Å². The number of aliphatic hydroxyl groups is 2. The summed E-state index contributed by atoms with van der Waals surface area (Å²) in [5.74, 6) is 0. The van der Waals surface area contributed by atoms with Gasteiger partial charge in [0.1, 0.15) is 5.60 Å². The Morgan fingerprint density at radius 2 is 2.07 bits per heavy atom. The molecule has 1 aromatic carbocycles. The van der Waals surface area contributed by atoms with Crippen molar-refractivity contribution in [3.63, 3.8) is 0 Å². The first-order valence-electron chi connectivity index (χ1n) is 4.73. The molecule has 0 bridgehead atoms. The highest BCUT2D eigenvalue weighted by Gasteiger charge is 2.24. The summed E-state index contributed by atoms with van der Waals surface area (Å²) in [5.41, 5.74) is 0.455. The summed E-state index contributed by atoms with van der Waals surface area (Å²) in [4.78, 5) is 0. The Hall–Kier alpha value is -1.12. The smallest absolute Gasteiger partial charge is 0.108 e. The van der Waals surface area contributed by atoms with Crippen molar-refractivity contribution in [3.05, 3.63) is 48.0 Å². The van der Waals surface area contributed by atoms with E-state index in [9.17, 15) is 5.11 Å². The third-order valence-corrected chi connectivity index (χ3v) is 2.53. The topological polar surface area (TPSA) is 40.5 Å². The van der Waals surface area contributed by atoms with Crippen molar-refractivity contribution in [1.29, 1.82) is 0 Å². The van der Waals surface area contributed by atoms with Crippen LogP contribution >= 0.6 is 0 Å². The lowest BCUT2D eigenvalue weighted by Crippen LogP contribution is -2.23. The molecular formula is C12H16O2. The average molecular weight is 192 g/mol. The molecule has 1 rings (SSSR count). The van der Waals surface area contributed by atoms with E-state index in [2.05, 4.69) is 6.58 Å². The Morgan fingerprint density at radius 3 is 2.57 bits per heavy atom. The standard InChI is InChI=1S/C12H16O2/c1-3-12(14,4-2)11-8-6-5-7-10(11)9-13/h3,5-8,13-14H,1,4,9H2,2H3/t12-/m0/s1. The highest BCUT2D eigenvalue weighted by molar-refractivity contribution is 5.34. The van der Waals surface area contributed by atoms with E-state index in [0.29, 0.717) is 6.42 Å². The molecule has 0 aliphatic rings. The predicted molar refractivity (Wildman–Crippen MR) is 56.7 cm³/mol. The van der Waals surface area contributed by atoms with E-state index < -0.39 is 5.60 Å². The monoisotopic (exact) mass is 192 g/mol. The fraction of sp³-hybridized carbons (Fsp3) is 0.333. The molecule has 0 aromatic heterocycles. The van der Waals surface area contributed by atoms with E-state index in [0.717, 1.165) is 11.1 Å². The second-order valence-corrected chi connectivity index (χ2v) is 3.30. The Labute approximate surface area is 84.5 Å². The van der Waals surface area contributed by atoms with Gasteiger partial charge in [-0.1, -0.05) is 43.8 Å². The van der Waals surface area contributed by atoms with Crippen LogP contribution in [0.25, 0.3) is 0 Å². The lowest BCUT2D eigenvalue weighted by Gasteiger charge is -2.25. The van der Waals surface area contributed by atoms with E-state index in [-0.39, 0.29) is 6.61 Å². The van der Waals surface area contributed by atoms with E-state index in [1.54, 1.807) is 6.07 Å². The molecule has 76 valence electrons. The van der Waals surface area contributed by atoms with Gasteiger partial charge in [0.15, 0.2) is 0 Å². The maximum atomic E-state index is 10.2. The molecule has 14 heavy (non-hydrogen) atoms. The molecule has 0 heterocycles. The Bertz CT molecular complexity index is 320. The van der Waals surface area contributed by atoms with Gasteiger partial charge in [0.25, 0.3) is 0 Å². The molecular weight excluding hydrogens is 176 g/mol. The first-order valence-corrected chi connectivity index (χ1v) is 4.73. The largest absolute Gasteiger partial charge is 0.392 e. The second-order valence-electron chi connectivity index (χ2n) is 3.30. The van der Waals surface area contributed by atoms with Gasteiger partial charge in [0.05, 0.1) is 6.61 Å². The van der Waals surface area contributed by atoms with Crippen LogP contribution in [-0.2, 0) is 12.2 Å². The molecule has 0 aliphatic heterocycles. The summed E-state index contributed by atoms with van der Waals surface area (Å²) in [6.45, 7) is 5.45. The van der Waals surface area contributed by atoms with Gasteiger partial charge in [-0.15, -0.1) is 0 Å². The molecule has 1 atom stereocenters. The Kier molecular flexibility index (Phi) is 3.44. The normalized spacial score (nSPS) is 14.8. The van der Waals surface area contributed by atoms with Crippen LogP contribution in [0.4, 0.5) is 0 Å². The molecule has 0 fully saturated rings. The molecule has 0 spiro atoms. The van der Waals surface area contributed by atoms with Gasteiger partial charge in [-0.25, -0.2) is 0 Å². The molecule has 2 N–H and O–H groups in total. The maximum Gasteiger partial charge on any atom is 0.108 e. The van der Waals surface area contributed by atoms with Gasteiger partial charge in [-0.05, 0) is 17.5 Å². The zero-order valence-corrected chi connectivity index (χ0v) is 8.40. The molecule has 1 aromatic rings. The zero-order valence-electron chi connectivity index (χ0n) is 8.40. The fourth-order valence-corrected chi connectivity index (χ4v) is 1.53. The number of hydrogen-bond donors (Lipinski definition) is 2. The van der Waals surface area contributed by atoms with E-state index in [1.807, 2.05) is 25.1 Å². The van der Waals surface area contributed by atoms with Gasteiger partial charge in [0, 0.05) is 0 Å². The van der Waals surface area contributed by atoms with Crippen molar-refractivity contribution < 1.29 is 10.2 Å². The Balaban J connectivity index is 3.22. The van der Waals surface area contributed by atoms with Crippen LogP contribution in [-0.4, -0.2) is 10.2 Å². The predicted octanol–water partition coefficient (Wildman–Crippen LogP) is 1.96. The molecule has 2 nitrogen and oxygen atoms in total. The average Bonchev–Trinajstić information content (AvgIpc) is 2.28. The van der Waals surface area contributed by atoms with Crippen molar-refractivity contribution in [1.82, 2.24) is 0 Å². The van der Waals surface area contributed by atoms with Crippen LogP contribution in [0.2, 0.25) is 0 Å². The maximum absolute atomic E-state index is 10.2. The third-order valence-electron chi connectivity index (χ3n) is 2.53. The van der Waals surface area contributed by atoms with Gasteiger partial charge >= 0.3 is 0 Å². The van der Waals surface area contributed by atoms with E-state index in [1.165, 1.54) is 6.08 Å². The molecule has 0 radical (unpaired) electrons. The van der Waals surface area contributed by atoms with Crippen LogP contribution in [0.3, 0.4) is 0 Å². The van der Waals surface area contributed by atoms with Crippen LogP contribution < -0.4 is 0 Å². The summed E-state index contributed by atoms with van der Waals surface area (Å²) in [7, 11) is 0. The van der Waals surface area contributed by atoms with Crippen molar-refractivity contribution >= 4 is 0 Å². The van der Waals surface area contributed by atoms with Crippen molar-refractivity contribution in [3.8, 4) is 0 Å². The first-order chi connectivity index (χ1) is 6.68. The first kappa shape index (κ1) is 11.0. The molecule has 2 heteroatoms. The van der Waals surface area contributed by atoms with Crippen molar-refractivity contribution in [2.45, 2.75) is 25.6 Å². The lowest BCUT2D eigenvalue weighted by atomic mass is 9.88. The minimum absolute atomic E-state index is 0.0632. The van der Waals surface area contributed by atoms with Gasteiger partial charge in [-0.2, -0.15) is 0 Å². The third kappa shape index (κ3) is 1.86. The second kappa shape index (κ2) is 4.40. The Morgan fingerprint density at radius 1 is 1.43 bits per heavy atom. The number of benzene rings is 1. The SMILES string of the molecule is C=C[C@](O)(CC)c1ccccc1CO. The lowest BCUT2D eigenvalue weighted by molar-refractivity contribution is 0.0829. The van der Waals surface area contributed by atoms with Gasteiger partial charge in [0.2, 0.25) is 0 Å².